The maximum Gasteiger partial charge on any atom is 0.173 e. The number of carbonyl (C=O) groups is 1. The van der Waals surface area contributed by atoms with E-state index in [0.717, 1.165) is 36.8 Å². The van der Waals surface area contributed by atoms with Crippen molar-refractivity contribution in [2.45, 2.75) is 12.1 Å². The van der Waals surface area contributed by atoms with Crippen molar-refractivity contribution in [2.75, 3.05) is 39.8 Å². The van der Waals surface area contributed by atoms with Gasteiger partial charge in [0.05, 0.1) is 19.2 Å². The van der Waals surface area contributed by atoms with Gasteiger partial charge in [0, 0.05) is 37.7 Å². The van der Waals surface area contributed by atoms with Gasteiger partial charge in [0.25, 0.3) is 0 Å². The first-order chi connectivity index (χ1) is 17.4. The monoisotopic (exact) mass is 505 g/mol. The summed E-state index contributed by atoms with van der Waals surface area (Å²) in [4.78, 5) is 17.4. The summed E-state index contributed by atoms with van der Waals surface area (Å²) in [6, 6.07) is 23.0. The van der Waals surface area contributed by atoms with Gasteiger partial charge in [0.1, 0.15) is 0 Å². The molecule has 7 heteroatoms. The lowest BCUT2D eigenvalue weighted by molar-refractivity contribution is -0.116. The zero-order chi connectivity index (χ0) is 25.5. The van der Waals surface area contributed by atoms with E-state index in [2.05, 4.69) is 46.2 Å². The number of hydrogen-bond acceptors (Lipinski definition) is 6. The van der Waals surface area contributed by atoms with Crippen molar-refractivity contribution in [3.05, 3.63) is 101 Å². The third-order valence-electron chi connectivity index (χ3n) is 6.54. The molecule has 1 aliphatic rings. The summed E-state index contributed by atoms with van der Waals surface area (Å²) in [5, 5.41) is 10.5. The van der Waals surface area contributed by atoms with Crippen LogP contribution < -0.4 is 10.5 Å². The lowest BCUT2D eigenvalue weighted by Crippen LogP contribution is -2.52. The number of ether oxygens (including phenoxy) is 1. The molecule has 0 radical (unpaired) electrons. The highest BCUT2D eigenvalue weighted by molar-refractivity contribution is 6.30. The number of hydrogen-bond donors (Lipinski definition) is 2. The second-order valence-corrected chi connectivity index (χ2v) is 9.41. The fraction of sp³-hybridized carbons (Fsp3) is 0.276. The number of carbonyl (C=O) groups excluding carboxylic acids is 1. The van der Waals surface area contributed by atoms with Crippen LogP contribution in [0.2, 0.25) is 5.02 Å². The number of halogens is 1. The van der Waals surface area contributed by atoms with Gasteiger partial charge in [-0.15, -0.1) is 0 Å². The van der Waals surface area contributed by atoms with E-state index >= 15 is 0 Å². The van der Waals surface area contributed by atoms with E-state index in [4.69, 9.17) is 22.1 Å². The number of rotatable bonds is 9. The Hall–Kier alpha value is -3.16. The molecule has 3 N–H and O–H groups in total. The Bertz CT molecular complexity index is 1180. The van der Waals surface area contributed by atoms with Gasteiger partial charge >= 0.3 is 0 Å². The van der Waals surface area contributed by atoms with E-state index in [1.807, 2.05) is 18.2 Å². The third kappa shape index (κ3) is 6.53. The van der Waals surface area contributed by atoms with Gasteiger partial charge in [-0.2, -0.15) is 0 Å². The van der Waals surface area contributed by atoms with Crippen LogP contribution in [0.3, 0.4) is 0 Å². The maximum absolute atomic E-state index is 12.6. The Labute approximate surface area is 217 Å². The molecule has 188 valence electrons. The molecular formula is C29H32ClN3O3. The van der Waals surface area contributed by atoms with Crippen LogP contribution in [0.4, 0.5) is 0 Å². The molecule has 1 heterocycles. The van der Waals surface area contributed by atoms with Gasteiger partial charge in [-0.05, 0) is 47.0 Å². The van der Waals surface area contributed by atoms with Crippen molar-refractivity contribution in [3.8, 4) is 11.5 Å². The molecule has 0 bridgehead atoms. The molecule has 1 aliphatic heterocycles. The molecule has 0 aliphatic carbocycles. The van der Waals surface area contributed by atoms with Gasteiger partial charge in [-0.3, -0.25) is 14.6 Å². The topological polar surface area (TPSA) is 79.0 Å². The molecule has 2 unspecified atom stereocenters. The SMILES string of the molecule is COc1cc(C=CC(=O)C(N)CN2CCN(C(c3ccccc3)c3ccc(Cl)cc3)CC2)ccc1O. The fourth-order valence-electron chi connectivity index (χ4n) is 4.57. The Balaban J connectivity index is 1.35. The molecule has 3 aromatic carbocycles. The fourth-order valence-corrected chi connectivity index (χ4v) is 4.69. The Kier molecular flexibility index (Phi) is 8.78. The highest BCUT2D eigenvalue weighted by Crippen LogP contribution is 2.30. The van der Waals surface area contributed by atoms with E-state index in [9.17, 15) is 9.90 Å². The smallest absolute Gasteiger partial charge is 0.173 e. The minimum atomic E-state index is -0.604. The number of piperazine rings is 1. The Morgan fingerprint density at radius 2 is 1.69 bits per heavy atom. The number of methoxy groups -OCH3 is 1. The number of phenolic OH excluding ortho intramolecular Hbond substituents is 1. The first-order valence-electron chi connectivity index (χ1n) is 12.1. The number of phenols is 1. The maximum atomic E-state index is 12.6. The Morgan fingerprint density at radius 1 is 1.03 bits per heavy atom. The summed E-state index contributed by atoms with van der Waals surface area (Å²) in [6.07, 6.45) is 3.19. The van der Waals surface area contributed by atoms with E-state index < -0.39 is 6.04 Å². The number of ketones is 1. The van der Waals surface area contributed by atoms with Crippen LogP contribution in [-0.4, -0.2) is 66.6 Å². The van der Waals surface area contributed by atoms with Crippen LogP contribution in [-0.2, 0) is 4.79 Å². The molecule has 2 atom stereocenters. The van der Waals surface area contributed by atoms with Crippen molar-refractivity contribution in [2.24, 2.45) is 5.73 Å². The minimum Gasteiger partial charge on any atom is -0.504 e. The Morgan fingerprint density at radius 3 is 2.36 bits per heavy atom. The summed E-state index contributed by atoms with van der Waals surface area (Å²) in [7, 11) is 1.49. The summed E-state index contributed by atoms with van der Waals surface area (Å²) in [5.41, 5.74) is 9.46. The molecule has 6 nitrogen and oxygen atoms in total. The second kappa shape index (κ2) is 12.2. The lowest BCUT2D eigenvalue weighted by atomic mass is 9.96. The molecule has 0 spiro atoms. The van der Waals surface area contributed by atoms with Crippen molar-refractivity contribution >= 4 is 23.5 Å². The molecule has 0 amide bonds. The van der Waals surface area contributed by atoms with Crippen LogP contribution >= 0.6 is 11.6 Å². The molecule has 1 saturated heterocycles. The molecule has 1 fully saturated rings. The largest absolute Gasteiger partial charge is 0.504 e. The van der Waals surface area contributed by atoms with E-state index in [1.54, 1.807) is 18.2 Å². The average molecular weight is 506 g/mol. The first kappa shape index (κ1) is 25.9. The number of nitrogens with two attached hydrogens (primary N) is 1. The average Bonchev–Trinajstić information content (AvgIpc) is 2.91. The third-order valence-corrected chi connectivity index (χ3v) is 6.79. The zero-order valence-electron chi connectivity index (χ0n) is 20.4. The molecule has 3 aromatic rings. The van der Waals surface area contributed by atoms with Crippen LogP contribution in [0.15, 0.2) is 78.9 Å². The van der Waals surface area contributed by atoms with Gasteiger partial charge in [0.2, 0.25) is 0 Å². The molecule has 4 rings (SSSR count). The van der Waals surface area contributed by atoms with Crippen LogP contribution in [0.5, 0.6) is 11.5 Å². The van der Waals surface area contributed by atoms with Gasteiger partial charge in [-0.25, -0.2) is 0 Å². The molecular weight excluding hydrogens is 474 g/mol. The lowest BCUT2D eigenvalue weighted by Gasteiger charge is -2.40. The first-order valence-corrected chi connectivity index (χ1v) is 12.4. The van der Waals surface area contributed by atoms with Crippen LogP contribution in [0, 0.1) is 0 Å². The van der Waals surface area contributed by atoms with Crippen molar-refractivity contribution in [1.29, 1.82) is 0 Å². The predicted molar refractivity (Wildman–Crippen MR) is 144 cm³/mol. The molecule has 36 heavy (non-hydrogen) atoms. The van der Waals surface area contributed by atoms with Crippen LogP contribution in [0.1, 0.15) is 22.7 Å². The standard InChI is InChI=1S/C29H32ClN3O3/c1-36-28-19-21(8-14-27(28)35)7-13-26(34)25(31)20-32-15-17-33(18-16-32)29(22-5-3-2-4-6-22)23-9-11-24(30)12-10-23/h2-14,19,25,29,35H,15-18,20,31H2,1H3. The van der Waals surface area contributed by atoms with Gasteiger partial charge < -0.3 is 15.6 Å². The summed E-state index contributed by atoms with van der Waals surface area (Å²) in [5.74, 6) is 0.286. The quantitative estimate of drug-likeness (QED) is 0.420. The minimum absolute atomic E-state index is 0.0578. The van der Waals surface area contributed by atoms with Crippen molar-refractivity contribution in [1.82, 2.24) is 9.80 Å². The number of aromatic hydroxyl groups is 1. The van der Waals surface area contributed by atoms with Crippen molar-refractivity contribution < 1.29 is 14.6 Å². The summed E-state index contributed by atoms with van der Waals surface area (Å²) >= 11 is 6.14. The number of nitrogens with zero attached hydrogens (tertiary/aromatic N) is 2. The predicted octanol–water partition coefficient (Wildman–Crippen LogP) is 4.37. The number of benzene rings is 3. The second-order valence-electron chi connectivity index (χ2n) is 8.97. The van der Waals surface area contributed by atoms with E-state index in [-0.39, 0.29) is 17.6 Å². The summed E-state index contributed by atoms with van der Waals surface area (Å²) < 4.78 is 5.12. The van der Waals surface area contributed by atoms with Gasteiger partial charge in [-0.1, -0.05) is 66.2 Å². The molecule has 0 aromatic heterocycles. The molecule has 0 saturated carbocycles. The van der Waals surface area contributed by atoms with Gasteiger partial charge in [0.15, 0.2) is 17.3 Å². The summed E-state index contributed by atoms with van der Waals surface area (Å²) in [6.45, 7) is 3.90. The van der Waals surface area contributed by atoms with E-state index in [0.29, 0.717) is 12.3 Å². The van der Waals surface area contributed by atoms with E-state index in [1.165, 1.54) is 30.4 Å². The van der Waals surface area contributed by atoms with Crippen LogP contribution in [0.25, 0.3) is 6.08 Å². The highest BCUT2D eigenvalue weighted by atomic mass is 35.5. The highest BCUT2D eigenvalue weighted by Gasteiger charge is 2.27. The normalized spacial score (nSPS) is 16.6. The van der Waals surface area contributed by atoms with Crippen molar-refractivity contribution in [3.63, 3.8) is 0 Å². The zero-order valence-corrected chi connectivity index (χ0v) is 21.1.